The smallest absolute Gasteiger partial charge is 0.247 e. The molecule has 138 valence electrons. The highest BCUT2D eigenvalue weighted by Crippen LogP contribution is 2.27. The van der Waals surface area contributed by atoms with Gasteiger partial charge in [-0.05, 0) is 54.7 Å². The van der Waals surface area contributed by atoms with Gasteiger partial charge in [0.05, 0.1) is 11.2 Å². The molecule has 0 saturated heterocycles. The lowest BCUT2D eigenvalue weighted by molar-refractivity contribution is -0.119. The highest BCUT2D eigenvalue weighted by atomic mass is 32.2. The predicted octanol–water partition coefficient (Wildman–Crippen LogP) is 5.03. The summed E-state index contributed by atoms with van der Waals surface area (Å²) in [6.07, 6.45) is 8.92. The molecule has 0 aliphatic carbocycles. The zero-order valence-electron chi connectivity index (χ0n) is 15.7. The predicted molar refractivity (Wildman–Crippen MR) is 112 cm³/mol. The molecule has 1 aromatic carbocycles. The average molecular weight is 370 g/mol. The number of aromatic nitrogens is 2. The van der Waals surface area contributed by atoms with Crippen molar-refractivity contribution in [2.24, 2.45) is 5.92 Å². The Morgan fingerprint density at radius 3 is 2.58 bits per heavy atom. The third kappa shape index (κ3) is 4.15. The molecule has 0 aliphatic heterocycles. The molecule has 0 saturated carbocycles. The molecular formula is C21H27N3OS. The molecule has 0 aliphatic rings. The minimum atomic E-state index is -0.189. The van der Waals surface area contributed by atoms with Crippen LogP contribution in [0.4, 0.5) is 5.69 Å². The number of hydrogen-bond acceptors (Lipinski definition) is 2. The second kappa shape index (κ2) is 8.49. The van der Waals surface area contributed by atoms with E-state index in [4.69, 9.17) is 0 Å². The quantitative estimate of drug-likeness (QED) is 0.605. The second-order valence-electron chi connectivity index (χ2n) is 7.02. The summed E-state index contributed by atoms with van der Waals surface area (Å²) >= 11 is 1.77. The van der Waals surface area contributed by atoms with Crippen LogP contribution in [0, 0.1) is 5.92 Å². The number of nitrogens with one attached hydrogen (secondary N) is 1. The van der Waals surface area contributed by atoms with E-state index < -0.39 is 0 Å². The van der Waals surface area contributed by atoms with E-state index in [2.05, 4.69) is 48.3 Å². The van der Waals surface area contributed by atoms with Crippen molar-refractivity contribution in [3.63, 3.8) is 0 Å². The van der Waals surface area contributed by atoms with Crippen LogP contribution in [0.1, 0.15) is 26.3 Å². The standard InChI is InChI=1S/C21H27N3OS/c1-16(2)15-24-13-9-17-18(7-6-8-19(17)24)22-21(25)20(10-14-26-3)23-11-4-5-12-23/h4-9,11-13,16,20H,10,14-15H2,1-3H3,(H,22,25). The molecule has 1 atom stereocenters. The number of benzene rings is 1. The number of rotatable bonds is 8. The van der Waals surface area contributed by atoms with Gasteiger partial charge in [0, 0.05) is 30.5 Å². The van der Waals surface area contributed by atoms with Crippen molar-refractivity contribution in [3.8, 4) is 0 Å². The summed E-state index contributed by atoms with van der Waals surface area (Å²) in [5.41, 5.74) is 2.05. The van der Waals surface area contributed by atoms with Gasteiger partial charge in [0.25, 0.3) is 0 Å². The zero-order valence-corrected chi connectivity index (χ0v) is 16.5. The molecule has 5 heteroatoms. The number of amides is 1. The summed E-state index contributed by atoms with van der Waals surface area (Å²) in [4.78, 5) is 13.0. The van der Waals surface area contributed by atoms with Crippen LogP contribution in [-0.4, -0.2) is 27.1 Å². The van der Waals surface area contributed by atoms with Crippen molar-refractivity contribution in [2.45, 2.75) is 32.9 Å². The summed E-state index contributed by atoms with van der Waals surface area (Å²) < 4.78 is 4.25. The third-order valence-corrected chi connectivity index (χ3v) is 5.16. The van der Waals surface area contributed by atoms with Gasteiger partial charge in [0.15, 0.2) is 0 Å². The molecule has 4 nitrogen and oxygen atoms in total. The van der Waals surface area contributed by atoms with E-state index in [1.165, 1.54) is 0 Å². The molecule has 1 unspecified atom stereocenters. The van der Waals surface area contributed by atoms with Crippen molar-refractivity contribution in [1.29, 1.82) is 0 Å². The number of nitrogens with zero attached hydrogens (tertiary/aromatic N) is 2. The van der Waals surface area contributed by atoms with Crippen molar-refractivity contribution in [2.75, 3.05) is 17.3 Å². The van der Waals surface area contributed by atoms with E-state index in [1.54, 1.807) is 11.8 Å². The summed E-state index contributed by atoms with van der Waals surface area (Å²) in [6, 6.07) is 12.0. The molecule has 3 aromatic rings. The summed E-state index contributed by atoms with van der Waals surface area (Å²) in [7, 11) is 0. The van der Waals surface area contributed by atoms with Gasteiger partial charge in [0.1, 0.15) is 6.04 Å². The second-order valence-corrected chi connectivity index (χ2v) is 8.00. The maximum absolute atomic E-state index is 13.0. The highest BCUT2D eigenvalue weighted by molar-refractivity contribution is 7.98. The molecule has 2 heterocycles. The molecule has 0 bridgehead atoms. The number of hydrogen-bond donors (Lipinski definition) is 1. The van der Waals surface area contributed by atoms with E-state index in [1.807, 2.05) is 41.2 Å². The zero-order chi connectivity index (χ0) is 18.5. The molecule has 0 radical (unpaired) electrons. The first-order valence-corrected chi connectivity index (χ1v) is 10.5. The fraction of sp³-hybridized carbons (Fsp3) is 0.381. The maximum Gasteiger partial charge on any atom is 0.247 e. The Labute approximate surface area is 159 Å². The van der Waals surface area contributed by atoms with E-state index in [0.717, 1.165) is 35.3 Å². The Balaban J connectivity index is 1.85. The van der Waals surface area contributed by atoms with Crippen molar-refractivity contribution in [3.05, 3.63) is 55.0 Å². The average Bonchev–Trinajstić information content (AvgIpc) is 3.26. The Bertz CT molecular complexity index is 851. The van der Waals surface area contributed by atoms with Crippen molar-refractivity contribution >= 4 is 34.3 Å². The molecule has 2 aromatic heterocycles. The van der Waals surface area contributed by atoms with Crippen LogP contribution in [0.5, 0.6) is 0 Å². The SMILES string of the molecule is CSCCC(C(=O)Nc1cccc2c1ccn2CC(C)C)n1cccc1. The van der Waals surface area contributed by atoms with Gasteiger partial charge in [-0.2, -0.15) is 11.8 Å². The van der Waals surface area contributed by atoms with Crippen LogP contribution in [0.3, 0.4) is 0 Å². The number of anilines is 1. The van der Waals surface area contributed by atoms with Gasteiger partial charge in [-0.3, -0.25) is 4.79 Å². The molecule has 0 fully saturated rings. The lowest BCUT2D eigenvalue weighted by Crippen LogP contribution is -2.26. The van der Waals surface area contributed by atoms with Gasteiger partial charge in [0.2, 0.25) is 5.91 Å². The van der Waals surface area contributed by atoms with Crippen LogP contribution in [-0.2, 0) is 11.3 Å². The van der Waals surface area contributed by atoms with Crippen LogP contribution >= 0.6 is 11.8 Å². The molecule has 3 rings (SSSR count). The lowest BCUT2D eigenvalue weighted by Gasteiger charge is -2.19. The largest absolute Gasteiger partial charge is 0.347 e. The van der Waals surface area contributed by atoms with Gasteiger partial charge in [-0.1, -0.05) is 19.9 Å². The van der Waals surface area contributed by atoms with Crippen LogP contribution in [0.15, 0.2) is 55.0 Å². The highest BCUT2D eigenvalue weighted by Gasteiger charge is 2.20. The molecule has 0 spiro atoms. The van der Waals surface area contributed by atoms with E-state index >= 15 is 0 Å². The first-order valence-electron chi connectivity index (χ1n) is 9.10. The monoisotopic (exact) mass is 369 g/mol. The molecule has 1 amide bonds. The van der Waals surface area contributed by atoms with Gasteiger partial charge in [-0.25, -0.2) is 0 Å². The maximum atomic E-state index is 13.0. The fourth-order valence-corrected chi connectivity index (χ4v) is 3.76. The van der Waals surface area contributed by atoms with Crippen LogP contribution < -0.4 is 5.32 Å². The van der Waals surface area contributed by atoms with E-state index in [-0.39, 0.29) is 11.9 Å². The Hall–Kier alpha value is -2.14. The summed E-state index contributed by atoms with van der Waals surface area (Å²) in [5, 5.41) is 4.26. The third-order valence-electron chi connectivity index (χ3n) is 4.52. The topological polar surface area (TPSA) is 39.0 Å². The van der Waals surface area contributed by atoms with Crippen LogP contribution in [0.25, 0.3) is 10.9 Å². The first kappa shape index (κ1) is 18.6. The summed E-state index contributed by atoms with van der Waals surface area (Å²) in [6.45, 7) is 5.40. The van der Waals surface area contributed by atoms with Gasteiger partial charge >= 0.3 is 0 Å². The number of carbonyl (C=O) groups excluding carboxylic acids is 1. The molecule has 26 heavy (non-hydrogen) atoms. The van der Waals surface area contributed by atoms with Crippen molar-refractivity contribution in [1.82, 2.24) is 9.13 Å². The Morgan fingerprint density at radius 1 is 1.12 bits per heavy atom. The van der Waals surface area contributed by atoms with Gasteiger partial charge in [-0.15, -0.1) is 0 Å². The number of fused-ring (bicyclic) bond motifs is 1. The minimum Gasteiger partial charge on any atom is -0.347 e. The minimum absolute atomic E-state index is 0.0411. The van der Waals surface area contributed by atoms with Crippen molar-refractivity contribution < 1.29 is 4.79 Å². The van der Waals surface area contributed by atoms with E-state index in [0.29, 0.717) is 5.92 Å². The lowest BCUT2D eigenvalue weighted by atomic mass is 10.1. The number of carbonyl (C=O) groups is 1. The van der Waals surface area contributed by atoms with Gasteiger partial charge < -0.3 is 14.5 Å². The van der Waals surface area contributed by atoms with Crippen LogP contribution in [0.2, 0.25) is 0 Å². The Kier molecular flexibility index (Phi) is 6.09. The Morgan fingerprint density at radius 2 is 1.88 bits per heavy atom. The molecule has 1 N–H and O–H groups in total. The fourth-order valence-electron chi connectivity index (χ4n) is 3.30. The first-order chi connectivity index (χ1) is 12.6. The number of thioether (sulfide) groups is 1. The normalized spacial score (nSPS) is 12.6. The summed E-state index contributed by atoms with van der Waals surface area (Å²) in [5.74, 6) is 1.57. The molecular weight excluding hydrogens is 342 g/mol. The van der Waals surface area contributed by atoms with E-state index in [9.17, 15) is 4.79 Å².